The standard InChI is InChI=1S/C15H23FN2O3/c1-10(2)9-21-6-4-5-18-14-7-11(15(19)20-3)13(17)8-12(14)16/h7-8,10,18H,4-6,9,17H2,1-3H3. The number of benzene rings is 1. The zero-order chi connectivity index (χ0) is 15.8. The zero-order valence-corrected chi connectivity index (χ0v) is 12.7. The summed E-state index contributed by atoms with van der Waals surface area (Å²) in [5.74, 6) is -0.589. The first-order chi connectivity index (χ1) is 9.95. The second-order valence-corrected chi connectivity index (χ2v) is 5.16. The van der Waals surface area contributed by atoms with Crippen molar-refractivity contribution in [3.63, 3.8) is 0 Å². The summed E-state index contributed by atoms with van der Waals surface area (Å²) < 4.78 is 23.8. The summed E-state index contributed by atoms with van der Waals surface area (Å²) in [5, 5.41) is 2.93. The van der Waals surface area contributed by atoms with Crippen molar-refractivity contribution >= 4 is 17.3 Å². The highest BCUT2D eigenvalue weighted by Gasteiger charge is 2.14. The van der Waals surface area contributed by atoms with E-state index in [1.54, 1.807) is 0 Å². The number of hydrogen-bond donors (Lipinski definition) is 2. The summed E-state index contributed by atoms with van der Waals surface area (Å²) in [6.07, 6.45) is 0.740. The van der Waals surface area contributed by atoms with Gasteiger partial charge in [-0.25, -0.2) is 9.18 Å². The number of hydrogen-bond acceptors (Lipinski definition) is 5. The molecule has 6 heteroatoms. The molecule has 0 spiro atoms. The third-order valence-electron chi connectivity index (χ3n) is 2.78. The molecule has 0 heterocycles. The van der Waals surface area contributed by atoms with Crippen LogP contribution in [0.15, 0.2) is 12.1 Å². The Labute approximate surface area is 124 Å². The number of carbonyl (C=O) groups is 1. The van der Waals surface area contributed by atoms with Gasteiger partial charge in [-0.05, 0) is 24.5 Å². The van der Waals surface area contributed by atoms with Gasteiger partial charge in [0, 0.05) is 25.4 Å². The smallest absolute Gasteiger partial charge is 0.340 e. The summed E-state index contributed by atoms with van der Waals surface area (Å²) in [5.41, 5.74) is 6.04. The maximum absolute atomic E-state index is 13.8. The highest BCUT2D eigenvalue weighted by molar-refractivity contribution is 5.96. The van der Waals surface area contributed by atoms with Crippen molar-refractivity contribution in [2.45, 2.75) is 20.3 Å². The van der Waals surface area contributed by atoms with Crippen LogP contribution in [-0.4, -0.2) is 32.8 Å². The lowest BCUT2D eigenvalue weighted by molar-refractivity contribution is 0.0602. The van der Waals surface area contributed by atoms with Crippen molar-refractivity contribution < 1.29 is 18.7 Å². The SMILES string of the molecule is COC(=O)c1cc(NCCCOCC(C)C)c(F)cc1N. The molecule has 3 N–H and O–H groups in total. The van der Waals surface area contributed by atoms with E-state index in [-0.39, 0.29) is 16.9 Å². The van der Waals surface area contributed by atoms with E-state index in [0.29, 0.717) is 25.7 Å². The summed E-state index contributed by atoms with van der Waals surface area (Å²) in [6, 6.07) is 2.48. The Balaban J connectivity index is 2.53. The Morgan fingerprint density at radius 3 is 2.76 bits per heavy atom. The third-order valence-corrected chi connectivity index (χ3v) is 2.78. The molecule has 1 rings (SSSR count). The largest absolute Gasteiger partial charge is 0.465 e. The van der Waals surface area contributed by atoms with Crippen molar-refractivity contribution in [1.29, 1.82) is 0 Å². The molecule has 0 aliphatic heterocycles. The molecule has 0 aliphatic rings. The van der Waals surface area contributed by atoms with Crippen molar-refractivity contribution in [1.82, 2.24) is 0 Å². The number of nitrogens with one attached hydrogen (secondary N) is 1. The quantitative estimate of drug-likeness (QED) is 0.438. The predicted molar refractivity (Wildman–Crippen MR) is 80.9 cm³/mol. The molecule has 0 bridgehead atoms. The van der Waals surface area contributed by atoms with Crippen molar-refractivity contribution in [2.24, 2.45) is 5.92 Å². The lowest BCUT2D eigenvalue weighted by Gasteiger charge is -2.11. The molecule has 0 fully saturated rings. The molecule has 0 unspecified atom stereocenters. The van der Waals surface area contributed by atoms with Crippen LogP contribution in [0.25, 0.3) is 0 Å². The predicted octanol–water partition coefficient (Wildman–Crippen LogP) is 2.67. The van der Waals surface area contributed by atoms with Crippen LogP contribution in [0.3, 0.4) is 0 Å². The van der Waals surface area contributed by atoms with Gasteiger partial charge in [0.15, 0.2) is 0 Å². The minimum absolute atomic E-state index is 0.0603. The number of esters is 1. The van der Waals surface area contributed by atoms with Gasteiger partial charge in [0.2, 0.25) is 0 Å². The molecule has 118 valence electrons. The lowest BCUT2D eigenvalue weighted by Crippen LogP contribution is -2.11. The molecular weight excluding hydrogens is 275 g/mol. The van der Waals surface area contributed by atoms with Crippen LogP contribution in [0, 0.1) is 11.7 Å². The molecule has 0 aromatic heterocycles. The fraction of sp³-hybridized carbons (Fsp3) is 0.533. The van der Waals surface area contributed by atoms with Gasteiger partial charge in [0.25, 0.3) is 0 Å². The number of methoxy groups -OCH3 is 1. The van der Waals surface area contributed by atoms with Crippen LogP contribution in [0.5, 0.6) is 0 Å². The zero-order valence-electron chi connectivity index (χ0n) is 12.7. The first-order valence-electron chi connectivity index (χ1n) is 6.94. The normalized spacial score (nSPS) is 10.7. The van der Waals surface area contributed by atoms with Gasteiger partial charge in [-0.2, -0.15) is 0 Å². The molecule has 5 nitrogen and oxygen atoms in total. The molecule has 21 heavy (non-hydrogen) atoms. The minimum atomic E-state index is -0.587. The second kappa shape index (κ2) is 8.46. The number of rotatable bonds is 8. The lowest BCUT2D eigenvalue weighted by atomic mass is 10.1. The van der Waals surface area contributed by atoms with Gasteiger partial charge in [0.1, 0.15) is 5.82 Å². The van der Waals surface area contributed by atoms with E-state index >= 15 is 0 Å². The monoisotopic (exact) mass is 298 g/mol. The van der Waals surface area contributed by atoms with Crippen LogP contribution in [0.1, 0.15) is 30.6 Å². The molecule has 0 amide bonds. The van der Waals surface area contributed by atoms with Crippen LogP contribution in [0.2, 0.25) is 0 Å². The average Bonchev–Trinajstić information content (AvgIpc) is 2.43. The Hall–Kier alpha value is -1.82. The summed E-state index contributed by atoms with van der Waals surface area (Å²) in [6.45, 7) is 6.01. The Bertz CT molecular complexity index is 478. The van der Waals surface area contributed by atoms with E-state index in [0.717, 1.165) is 12.5 Å². The van der Waals surface area contributed by atoms with Crippen LogP contribution in [-0.2, 0) is 9.47 Å². The average molecular weight is 298 g/mol. The van der Waals surface area contributed by atoms with Crippen LogP contribution in [0.4, 0.5) is 15.8 Å². The van der Waals surface area contributed by atoms with Gasteiger partial charge in [-0.1, -0.05) is 13.8 Å². The number of halogens is 1. The molecule has 0 atom stereocenters. The van der Waals surface area contributed by atoms with Crippen LogP contribution >= 0.6 is 0 Å². The molecule has 0 aliphatic carbocycles. The van der Waals surface area contributed by atoms with E-state index < -0.39 is 11.8 Å². The number of carbonyl (C=O) groups excluding carboxylic acids is 1. The van der Waals surface area contributed by atoms with Gasteiger partial charge >= 0.3 is 5.97 Å². The molecule has 1 aromatic rings. The van der Waals surface area contributed by atoms with Gasteiger partial charge in [0.05, 0.1) is 18.4 Å². The fourth-order valence-corrected chi connectivity index (χ4v) is 1.73. The van der Waals surface area contributed by atoms with E-state index in [1.165, 1.54) is 13.2 Å². The molecule has 1 aromatic carbocycles. The Morgan fingerprint density at radius 1 is 1.43 bits per heavy atom. The van der Waals surface area contributed by atoms with Crippen LogP contribution < -0.4 is 11.1 Å². The first-order valence-corrected chi connectivity index (χ1v) is 6.94. The van der Waals surface area contributed by atoms with E-state index in [1.807, 2.05) is 0 Å². The fourth-order valence-electron chi connectivity index (χ4n) is 1.73. The highest BCUT2D eigenvalue weighted by atomic mass is 19.1. The number of anilines is 2. The van der Waals surface area contributed by atoms with E-state index in [9.17, 15) is 9.18 Å². The van der Waals surface area contributed by atoms with Crippen molar-refractivity contribution in [2.75, 3.05) is 37.9 Å². The van der Waals surface area contributed by atoms with Crippen molar-refractivity contribution in [3.05, 3.63) is 23.5 Å². The van der Waals surface area contributed by atoms with Gasteiger partial charge in [-0.3, -0.25) is 0 Å². The molecule has 0 saturated carbocycles. The Morgan fingerprint density at radius 2 is 2.14 bits per heavy atom. The highest BCUT2D eigenvalue weighted by Crippen LogP contribution is 2.22. The van der Waals surface area contributed by atoms with Crippen molar-refractivity contribution in [3.8, 4) is 0 Å². The molecule has 0 radical (unpaired) electrons. The number of nitrogens with two attached hydrogens (primary N) is 1. The van der Waals surface area contributed by atoms with E-state index in [2.05, 4.69) is 23.9 Å². The first kappa shape index (κ1) is 17.2. The molecular formula is C15H23FN2O3. The number of ether oxygens (including phenoxy) is 2. The maximum Gasteiger partial charge on any atom is 0.340 e. The molecule has 0 saturated heterocycles. The minimum Gasteiger partial charge on any atom is -0.465 e. The second-order valence-electron chi connectivity index (χ2n) is 5.16. The summed E-state index contributed by atoms with van der Waals surface area (Å²) in [4.78, 5) is 11.5. The summed E-state index contributed by atoms with van der Waals surface area (Å²) in [7, 11) is 1.25. The van der Waals surface area contributed by atoms with Gasteiger partial charge in [-0.15, -0.1) is 0 Å². The maximum atomic E-state index is 13.8. The van der Waals surface area contributed by atoms with Gasteiger partial charge < -0.3 is 20.5 Å². The topological polar surface area (TPSA) is 73.6 Å². The van der Waals surface area contributed by atoms with E-state index in [4.69, 9.17) is 10.5 Å². The number of nitrogen functional groups attached to an aromatic ring is 1. The summed E-state index contributed by atoms with van der Waals surface area (Å²) >= 11 is 0. The Kier molecular flexibility index (Phi) is 6.94. The third kappa shape index (κ3) is 5.59.